The Morgan fingerprint density at radius 2 is 1.81 bits per heavy atom. The molecule has 0 saturated carbocycles. The molecule has 162 valence electrons. The minimum absolute atomic E-state index is 0.187. The van der Waals surface area contributed by atoms with Gasteiger partial charge in [-0.25, -0.2) is 5.43 Å². The van der Waals surface area contributed by atoms with E-state index in [-0.39, 0.29) is 11.7 Å². The molecule has 0 bridgehead atoms. The van der Waals surface area contributed by atoms with E-state index in [0.29, 0.717) is 6.61 Å². The third kappa shape index (κ3) is 8.35. The van der Waals surface area contributed by atoms with Gasteiger partial charge in [0.15, 0.2) is 8.68 Å². The number of ether oxygens (including phenoxy) is 1. The summed E-state index contributed by atoms with van der Waals surface area (Å²) in [5, 5.41) is 12.4. The monoisotopic (exact) mass is 472 g/mol. The molecule has 3 aromatic rings. The zero-order valence-electron chi connectivity index (χ0n) is 17.4. The minimum atomic E-state index is -0.187. The third-order valence-corrected chi connectivity index (χ3v) is 7.21. The number of nitrogens with zero attached hydrogens (tertiary/aromatic N) is 3. The van der Waals surface area contributed by atoms with Crippen LogP contribution in [0.2, 0.25) is 0 Å². The SMILES string of the molecule is CCCOc1ccc(/C=N/NC(=O)CSc2nnc(SCc3ccc(C)cc3)s2)cc1. The number of carbonyl (C=O) groups is 1. The zero-order chi connectivity index (χ0) is 21.9. The Morgan fingerprint density at radius 3 is 2.52 bits per heavy atom. The molecule has 1 heterocycles. The summed E-state index contributed by atoms with van der Waals surface area (Å²) in [4.78, 5) is 12.0. The second-order valence-electron chi connectivity index (χ2n) is 6.61. The van der Waals surface area contributed by atoms with Gasteiger partial charge in [-0.15, -0.1) is 10.2 Å². The van der Waals surface area contributed by atoms with Crippen molar-refractivity contribution in [2.75, 3.05) is 12.4 Å². The van der Waals surface area contributed by atoms with Crippen LogP contribution in [0.1, 0.15) is 30.0 Å². The molecule has 0 unspecified atom stereocenters. The van der Waals surface area contributed by atoms with Crippen LogP contribution >= 0.6 is 34.9 Å². The van der Waals surface area contributed by atoms with E-state index in [1.54, 1.807) is 18.0 Å². The molecule has 0 aliphatic carbocycles. The molecule has 0 fully saturated rings. The van der Waals surface area contributed by atoms with Gasteiger partial charge in [0.2, 0.25) is 0 Å². The normalized spacial score (nSPS) is 11.0. The first-order valence-corrected chi connectivity index (χ1v) is 12.6. The first-order chi connectivity index (χ1) is 15.1. The van der Waals surface area contributed by atoms with Crippen molar-refractivity contribution in [1.82, 2.24) is 15.6 Å². The fourth-order valence-electron chi connectivity index (χ4n) is 2.35. The van der Waals surface area contributed by atoms with Crippen LogP contribution in [0.4, 0.5) is 0 Å². The van der Waals surface area contributed by atoms with Gasteiger partial charge in [-0.3, -0.25) is 4.79 Å². The van der Waals surface area contributed by atoms with E-state index < -0.39 is 0 Å². The zero-order valence-corrected chi connectivity index (χ0v) is 19.9. The van der Waals surface area contributed by atoms with E-state index in [1.165, 1.54) is 34.2 Å². The number of aryl methyl sites for hydroxylation is 1. The summed E-state index contributed by atoms with van der Waals surface area (Å²) in [5.41, 5.74) is 5.92. The van der Waals surface area contributed by atoms with Crippen LogP contribution in [0.5, 0.6) is 5.75 Å². The molecular formula is C22H24N4O2S3. The second-order valence-corrected chi connectivity index (χ2v) is 10.0. The fraction of sp³-hybridized carbons (Fsp3) is 0.273. The predicted octanol–water partition coefficient (Wildman–Crippen LogP) is 5.17. The summed E-state index contributed by atoms with van der Waals surface area (Å²) in [7, 11) is 0. The van der Waals surface area contributed by atoms with Gasteiger partial charge in [0.05, 0.1) is 18.6 Å². The standard InChI is InChI=1S/C22H24N4O2S3/c1-3-12-28-19-10-8-17(9-11-19)13-23-24-20(27)15-30-22-26-25-21(31-22)29-14-18-6-4-16(2)5-7-18/h4-11,13H,3,12,14-15H2,1-2H3,(H,24,27)/b23-13+. The van der Waals surface area contributed by atoms with E-state index in [0.717, 1.165) is 32.2 Å². The number of hydrogen-bond acceptors (Lipinski definition) is 8. The van der Waals surface area contributed by atoms with Crippen molar-refractivity contribution in [1.29, 1.82) is 0 Å². The van der Waals surface area contributed by atoms with Gasteiger partial charge in [0, 0.05) is 5.75 Å². The average Bonchev–Trinajstić information content (AvgIpc) is 3.25. The van der Waals surface area contributed by atoms with Crippen LogP contribution in [0, 0.1) is 6.92 Å². The lowest BCUT2D eigenvalue weighted by atomic mass is 10.2. The number of aromatic nitrogens is 2. The first kappa shape index (κ1) is 23.3. The van der Waals surface area contributed by atoms with Crippen LogP contribution in [-0.2, 0) is 10.5 Å². The van der Waals surface area contributed by atoms with Gasteiger partial charge in [0.1, 0.15) is 5.75 Å². The highest BCUT2D eigenvalue weighted by Gasteiger charge is 2.08. The Morgan fingerprint density at radius 1 is 1.10 bits per heavy atom. The molecule has 0 saturated heterocycles. The molecule has 9 heteroatoms. The van der Waals surface area contributed by atoms with Gasteiger partial charge < -0.3 is 4.74 Å². The molecule has 0 aliphatic rings. The molecule has 3 rings (SSSR count). The van der Waals surface area contributed by atoms with Crippen molar-refractivity contribution in [2.24, 2.45) is 5.10 Å². The topological polar surface area (TPSA) is 76.5 Å². The quantitative estimate of drug-likeness (QED) is 0.236. The lowest BCUT2D eigenvalue weighted by Gasteiger charge is -2.03. The second kappa shape index (κ2) is 12.5. The lowest BCUT2D eigenvalue weighted by molar-refractivity contribution is -0.118. The van der Waals surface area contributed by atoms with E-state index in [4.69, 9.17) is 4.74 Å². The van der Waals surface area contributed by atoms with Gasteiger partial charge in [0.25, 0.3) is 5.91 Å². The highest BCUT2D eigenvalue weighted by atomic mass is 32.2. The van der Waals surface area contributed by atoms with Gasteiger partial charge >= 0.3 is 0 Å². The molecule has 1 N–H and O–H groups in total. The van der Waals surface area contributed by atoms with Crippen molar-refractivity contribution in [2.45, 2.75) is 34.7 Å². The predicted molar refractivity (Wildman–Crippen MR) is 129 cm³/mol. The minimum Gasteiger partial charge on any atom is -0.494 e. The number of hydrazone groups is 1. The number of rotatable bonds is 11. The maximum atomic E-state index is 12.0. The Balaban J connectivity index is 1.37. The summed E-state index contributed by atoms with van der Waals surface area (Å²) in [6.45, 7) is 4.84. The number of benzene rings is 2. The summed E-state index contributed by atoms with van der Waals surface area (Å²) in [5.74, 6) is 1.72. The molecule has 6 nitrogen and oxygen atoms in total. The number of amides is 1. The number of carbonyl (C=O) groups excluding carboxylic acids is 1. The van der Waals surface area contributed by atoms with E-state index in [9.17, 15) is 4.79 Å². The highest BCUT2D eigenvalue weighted by Crippen LogP contribution is 2.30. The maximum Gasteiger partial charge on any atom is 0.250 e. The molecular weight excluding hydrogens is 448 g/mol. The van der Waals surface area contributed by atoms with Crippen LogP contribution in [0.3, 0.4) is 0 Å². The summed E-state index contributed by atoms with van der Waals surface area (Å²) in [6.07, 6.45) is 2.58. The van der Waals surface area contributed by atoms with E-state index >= 15 is 0 Å². The molecule has 0 radical (unpaired) electrons. The molecule has 2 aromatic carbocycles. The average molecular weight is 473 g/mol. The third-order valence-electron chi connectivity index (χ3n) is 3.95. The highest BCUT2D eigenvalue weighted by molar-refractivity contribution is 8.03. The molecule has 0 atom stereocenters. The molecule has 0 aliphatic heterocycles. The van der Waals surface area contributed by atoms with Crippen LogP contribution in [0.15, 0.2) is 62.3 Å². The summed E-state index contributed by atoms with van der Waals surface area (Å²) >= 11 is 4.51. The van der Waals surface area contributed by atoms with Gasteiger partial charge in [-0.1, -0.05) is 71.6 Å². The number of nitrogens with one attached hydrogen (secondary N) is 1. The fourth-order valence-corrected chi connectivity index (χ4v) is 5.12. The van der Waals surface area contributed by atoms with Crippen LogP contribution in [-0.4, -0.2) is 34.7 Å². The van der Waals surface area contributed by atoms with Crippen molar-refractivity contribution >= 4 is 47.0 Å². The van der Waals surface area contributed by atoms with Crippen LogP contribution in [0.25, 0.3) is 0 Å². The smallest absolute Gasteiger partial charge is 0.250 e. The summed E-state index contributed by atoms with van der Waals surface area (Å²) in [6, 6.07) is 16.0. The Hall–Kier alpha value is -2.36. The Kier molecular flexibility index (Phi) is 9.39. The van der Waals surface area contributed by atoms with Crippen molar-refractivity contribution in [3.63, 3.8) is 0 Å². The summed E-state index contributed by atoms with van der Waals surface area (Å²) < 4.78 is 7.21. The lowest BCUT2D eigenvalue weighted by Crippen LogP contribution is -2.19. The molecule has 0 spiro atoms. The number of hydrogen-bond donors (Lipinski definition) is 1. The van der Waals surface area contributed by atoms with Crippen molar-refractivity contribution in [3.8, 4) is 5.75 Å². The van der Waals surface area contributed by atoms with Crippen molar-refractivity contribution < 1.29 is 9.53 Å². The van der Waals surface area contributed by atoms with Crippen molar-refractivity contribution in [3.05, 3.63) is 65.2 Å². The van der Waals surface area contributed by atoms with Crippen LogP contribution < -0.4 is 10.2 Å². The van der Waals surface area contributed by atoms with E-state index in [2.05, 4.69) is 58.8 Å². The molecule has 1 aromatic heterocycles. The molecule has 1 amide bonds. The van der Waals surface area contributed by atoms with Gasteiger partial charge in [-0.2, -0.15) is 5.10 Å². The Labute approximate surface area is 194 Å². The maximum absolute atomic E-state index is 12.0. The molecule has 31 heavy (non-hydrogen) atoms. The Bertz CT molecular complexity index is 989. The largest absolute Gasteiger partial charge is 0.494 e. The van der Waals surface area contributed by atoms with Gasteiger partial charge in [-0.05, 0) is 48.7 Å². The van der Waals surface area contributed by atoms with E-state index in [1.807, 2.05) is 24.3 Å². The first-order valence-electron chi connectivity index (χ1n) is 9.82. The number of thioether (sulfide) groups is 2.